The van der Waals surface area contributed by atoms with E-state index in [1.54, 1.807) is 0 Å². The fourth-order valence-corrected chi connectivity index (χ4v) is 6.68. The minimum Gasteiger partial charge on any atom is -0.477 e. The van der Waals surface area contributed by atoms with E-state index < -0.39 is 29.0 Å². The average molecular weight is 504 g/mol. The lowest BCUT2D eigenvalue weighted by Gasteiger charge is -2.31. The van der Waals surface area contributed by atoms with Crippen LogP contribution in [0.2, 0.25) is 0 Å². The van der Waals surface area contributed by atoms with Gasteiger partial charge < -0.3 is 24.6 Å². The van der Waals surface area contributed by atoms with E-state index in [1.807, 2.05) is 32.6 Å². The fraction of sp³-hybridized carbons (Fsp3) is 0.560. The normalized spacial score (nSPS) is 22.8. The summed E-state index contributed by atoms with van der Waals surface area (Å²) in [6.45, 7) is 8.57. The van der Waals surface area contributed by atoms with E-state index in [4.69, 9.17) is 4.74 Å². The van der Waals surface area contributed by atoms with E-state index in [1.165, 1.54) is 28.5 Å². The number of aromatic carboxylic acids is 1. The van der Waals surface area contributed by atoms with Gasteiger partial charge in [0.05, 0.1) is 16.1 Å². The zero-order chi connectivity index (χ0) is 25.3. The molecule has 1 amide bonds. The molecule has 3 aliphatic rings. The van der Waals surface area contributed by atoms with Crippen molar-refractivity contribution < 1.29 is 23.8 Å². The van der Waals surface area contributed by atoms with E-state index in [0.717, 1.165) is 19.3 Å². The van der Waals surface area contributed by atoms with Crippen LogP contribution in [0.25, 0.3) is 10.9 Å². The Morgan fingerprint density at radius 3 is 2.63 bits per heavy atom. The number of rotatable bonds is 4. The summed E-state index contributed by atoms with van der Waals surface area (Å²) in [4.78, 5) is 39.7. The molecule has 0 spiro atoms. The number of amides is 1. The lowest BCUT2D eigenvalue weighted by Crippen LogP contribution is -2.45. The molecular formula is C25H30FN3O5S. The Morgan fingerprint density at radius 1 is 1.29 bits per heavy atom. The van der Waals surface area contributed by atoms with E-state index in [9.17, 15) is 19.5 Å². The topological polar surface area (TPSA) is 101 Å². The lowest BCUT2D eigenvalue weighted by molar-refractivity contribution is 0.0477. The number of alkyl carbamates (subject to hydrolysis) is 1. The van der Waals surface area contributed by atoms with Crippen LogP contribution in [-0.2, 0) is 4.74 Å². The summed E-state index contributed by atoms with van der Waals surface area (Å²) in [7, 11) is 0. The van der Waals surface area contributed by atoms with Crippen molar-refractivity contribution in [2.24, 2.45) is 5.92 Å². The summed E-state index contributed by atoms with van der Waals surface area (Å²) in [6, 6.07) is 2.41. The van der Waals surface area contributed by atoms with Crippen LogP contribution in [-0.4, -0.2) is 51.7 Å². The first-order chi connectivity index (χ1) is 16.4. The van der Waals surface area contributed by atoms with Crippen LogP contribution in [0.15, 0.2) is 21.8 Å². The molecule has 1 saturated carbocycles. The first-order valence-electron chi connectivity index (χ1n) is 11.9. The third-order valence-electron chi connectivity index (χ3n) is 7.17. The number of hydrogen-bond donors (Lipinski definition) is 2. The fourth-order valence-electron chi connectivity index (χ4n) is 5.41. The Morgan fingerprint density at radius 2 is 2.00 bits per heavy atom. The van der Waals surface area contributed by atoms with Crippen LogP contribution >= 0.6 is 11.8 Å². The molecule has 2 aliphatic heterocycles. The molecule has 188 valence electrons. The number of aromatic nitrogens is 1. The molecule has 0 bridgehead atoms. The Bertz CT molecular complexity index is 1300. The average Bonchev–Trinajstić information content (AvgIpc) is 3.34. The number of carboxylic acids is 1. The monoisotopic (exact) mass is 503 g/mol. The van der Waals surface area contributed by atoms with Gasteiger partial charge in [0.1, 0.15) is 17.0 Å². The maximum atomic E-state index is 15.6. The highest BCUT2D eigenvalue weighted by atomic mass is 32.2. The number of pyridine rings is 1. The summed E-state index contributed by atoms with van der Waals surface area (Å²) in [5.74, 6) is -1.04. The molecule has 8 nitrogen and oxygen atoms in total. The number of anilines is 1. The molecule has 1 aromatic carbocycles. The number of carbonyl (C=O) groups is 2. The molecule has 5 rings (SSSR count). The predicted octanol–water partition coefficient (Wildman–Crippen LogP) is 4.39. The summed E-state index contributed by atoms with van der Waals surface area (Å²) in [5, 5.41) is 13.0. The van der Waals surface area contributed by atoms with Crippen LogP contribution in [0, 0.1) is 11.7 Å². The van der Waals surface area contributed by atoms with Crippen molar-refractivity contribution in [3.05, 3.63) is 33.9 Å². The third-order valence-corrected chi connectivity index (χ3v) is 8.49. The summed E-state index contributed by atoms with van der Waals surface area (Å²) >= 11 is 1.50. The van der Waals surface area contributed by atoms with Gasteiger partial charge in [-0.2, -0.15) is 0 Å². The molecule has 1 aliphatic carbocycles. The van der Waals surface area contributed by atoms with Crippen molar-refractivity contribution in [2.45, 2.75) is 69.0 Å². The smallest absolute Gasteiger partial charge is 0.408 e. The van der Waals surface area contributed by atoms with Gasteiger partial charge in [-0.1, -0.05) is 0 Å². The predicted molar refractivity (Wildman–Crippen MR) is 132 cm³/mol. The van der Waals surface area contributed by atoms with Crippen LogP contribution in [0.4, 0.5) is 14.9 Å². The molecule has 1 saturated heterocycles. The largest absolute Gasteiger partial charge is 0.477 e. The number of carboxylic acid groups (broad SMARTS) is 1. The number of nitrogens with one attached hydrogen (secondary N) is 1. The van der Waals surface area contributed by atoms with Gasteiger partial charge in [0, 0.05) is 41.7 Å². The van der Waals surface area contributed by atoms with Crippen molar-refractivity contribution in [2.75, 3.05) is 23.7 Å². The number of halogens is 1. The molecule has 10 heteroatoms. The second-order valence-corrected chi connectivity index (χ2v) is 11.9. The van der Waals surface area contributed by atoms with Crippen LogP contribution in [0.3, 0.4) is 0 Å². The van der Waals surface area contributed by atoms with E-state index >= 15 is 4.39 Å². The number of thioether (sulfide) groups is 1. The van der Waals surface area contributed by atoms with Crippen molar-refractivity contribution in [1.29, 1.82) is 0 Å². The van der Waals surface area contributed by atoms with Gasteiger partial charge in [-0.05, 0) is 59.1 Å². The second kappa shape index (κ2) is 8.15. The second-order valence-electron chi connectivity index (χ2n) is 10.9. The molecule has 2 atom stereocenters. The molecular weight excluding hydrogens is 473 g/mol. The highest BCUT2D eigenvalue weighted by molar-refractivity contribution is 7.99. The molecule has 0 unspecified atom stereocenters. The van der Waals surface area contributed by atoms with Crippen molar-refractivity contribution in [1.82, 2.24) is 9.88 Å². The van der Waals surface area contributed by atoms with Crippen LogP contribution in [0.1, 0.15) is 63.4 Å². The zero-order valence-electron chi connectivity index (χ0n) is 20.3. The summed E-state index contributed by atoms with van der Waals surface area (Å²) < 4.78 is 22.5. The molecule has 3 heterocycles. The van der Waals surface area contributed by atoms with Crippen molar-refractivity contribution in [3.8, 4) is 0 Å². The minimum absolute atomic E-state index is 0.154. The molecule has 1 aromatic heterocycles. The highest BCUT2D eigenvalue weighted by Gasteiger charge is 2.53. The van der Waals surface area contributed by atoms with Crippen molar-refractivity contribution >= 4 is 40.4 Å². The van der Waals surface area contributed by atoms with E-state index in [-0.39, 0.29) is 23.1 Å². The Labute approximate surface area is 206 Å². The molecule has 2 aromatic rings. The van der Waals surface area contributed by atoms with Crippen LogP contribution in [0.5, 0.6) is 0 Å². The van der Waals surface area contributed by atoms with Crippen molar-refractivity contribution in [3.63, 3.8) is 0 Å². The first-order valence-corrected chi connectivity index (χ1v) is 12.9. The first kappa shape index (κ1) is 24.0. The van der Waals surface area contributed by atoms with Gasteiger partial charge in [0.25, 0.3) is 5.56 Å². The number of hydrogen-bond acceptors (Lipinski definition) is 6. The Kier molecular flexibility index (Phi) is 5.58. The quantitative estimate of drug-likeness (QED) is 0.638. The van der Waals surface area contributed by atoms with Gasteiger partial charge >= 0.3 is 12.1 Å². The summed E-state index contributed by atoms with van der Waals surface area (Å²) in [6.07, 6.45) is 2.10. The lowest BCUT2D eigenvalue weighted by atomic mass is 9.96. The number of nitrogens with zero attached hydrogens (tertiary/aromatic N) is 2. The van der Waals surface area contributed by atoms with Gasteiger partial charge in [-0.25, -0.2) is 14.0 Å². The number of carbonyl (C=O) groups excluding carboxylic acids is 1. The minimum atomic E-state index is -1.31. The number of benzene rings is 1. The van der Waals surface area contributed by atoms with Gasteiger partial charge in [0.2, 0.25) is 0 Å². The van der Waals surface area contributed by atoms with Gasteiger partial charge in [-0.15, -0.1) is 11.8 Å². The standard InChI is InChI=1S/C25H30FN3O5S/c1-13-12-35-20-18-14(9-16(22(31)32)21(30)29(13)18)10-17(26)19(20)28-8-5-15(11-28)25(6-7-25)27-23(33)34-24(2,3)4/h9-10,13,15H,5-8,11-12H2,1-4H3,(H,27,33)(H,31,32)/t13-,15+/m0/s1. The Balaban J connectivity index is 1.49. The molecule has 35 heavy (non-hydrogen) atoms. The van der Waals surface area contributed by atoms with E-state index in [0.29, 0.717) is 40.3 Å². The highest BCUT2D eigenvalue weighted by Crippen LogP contribution is 2.50. The molecule has 0 radical (unpaired) electrons. The van der Waals surface area contributed by atoms with Gasteiger partial charge in [-0.3, -0.25) is 4.79 Å². The molecule has 2 N–H and O–H groups in total. The van der Waals surface area contributed by atoms with E-state index in [2.05, 4.69) is 5.32 Å². The summed E-state index contributed by atoms with van der Waals surface area (Å²) in [5.41, 5.74) is -0.766. The van der Waals surface area contributed by atoms with Gasteiger partial charge in [0.15, 0.2) is 0 Å². The number of ether oxygens (including phenoxy) is 1. The van der Waals surface area contributed by atoms with Crippen LogP contribution < -0.4 is 15.8 Å². The zero-order valence-corrected chi connectivity index (χ0v) is 21.1. The SMILES string of the molecule is C[C@H]1CSc2c(N3CC[C@@H](C4(NC(=O)OC(C)(C)C)CC4)C3)c(F)cc3cc(C(=O)O)c(=O)n1c23. The Hall–Kier alpha value is -2.75. The maximum absolute atomic E-state index is 15.6. The molecule has 2 fully saturated rings. The third kappa shape index (κ3) is 4.15. The maximum Gasteiger partial charge on any atom is 0.408 e.